The summed E-state index contributed by atoms with van der Waals surface area (Å²) in [6, 6.07) is 4.17. The van der Waals surface area contributed by atoms with E-state index < -0.39 is 30.7 Å². The minimum atomic E-state index is -1.88. The second-order valence-corrected chi connectivity index (χ2v) is 7.26. The van der Waals surface area contributed by atoms with Crippen molar-refractivity contribution < 1.29 is 29.9 Å². The Morgan fingerprint density at radius 1 is 1.30 bits per heavy atom. The third-order valence-electron chi connectivity index (χ3n) is 4.53. The zero-order valence-electron chi connectivity index (χ0n) is 14.3. The third-order valence-corrected chi connectivity index (χ3v) is 5.56. The van der Waals surface area contributed by atoms with Crippen molar-refractivity contribution in [1.29, 1.82) is 0 Å². The number of nitrogens with one attached hydrogen (secondary N) is 2. The molecule has 3 rings (SSSR count). The van der Waals surface area contributed by atoms with Crippen LogP contribution in [0.15, 0.2) is 23.6 Å². The lowest BCUT2D eigenvalue weighted by molar-refractivity contribution is 0.0693. The number of phenols is 1. The van der Waals surface area contributed by atoms with Gasteiger partial charge in [-0.25, -0.2) is 4.79 Å². The first-order valence-corrected chi connectivity index (χ1v) is 9.27. The van der Waals surface area contributed by atoms with Crippen LogP contribution in [-0.4, -0.2) is 51.7 Å². The Bertz CT molecular complexity index is 869. The van der Waals surface area contributed by atoms with Crippen LogP contribution in [0, 0.1) is 0 Å². The maximum absolute atomic E-state index is 12.6. The quantitative estimate of drug-likeness (QED) is 0.386. The van der Waals surface area contributed by atoms with Crippen LogP contribution in [0.1, 0.15) is 36.7 Å². The number of carboxylic acid groups (broad SMARTS) is 1. The normalized spacial score (nSPS) is 14.3. The van der Waals surface area contributed by atoms with Gasteiger partial charge in [0.2, 0.25) is 0 Å². The smallest absolute Gasteiger partial charge is 0.475 e. The van der Waals surface area contributed by atoms with E-state index >= 15 is 0 Å². The highest BCUT2D eigenvalue weighted by Crippen LogP contribution is 2.27. The molecule has 2 heterocycles. The molecular formula is C17H19BN2O6S. The monoisotopic (exact) mass is 390 g/mol. The molecule has 1 aliphatic rings. The Labute approximate surface area is 159 Å². The number of rotatable bonds is 6. The van der Waals surface area contributed by atoms with Crippen molar-refractivity contribution in [3.05, 3.63) is 50.7 Å². The van der Waals surface area contributed by atoms with E-state index in [9.17, 15) is 24.7 Å². The summed E-state index contributed by atoms with van der Waals surface area (Å²) in [6.07, 6.45) is 0.583. The molecule has 0 saturated heterocycles. The fraction of sp³-hybridized carbons (Fsp3) is 0.294. The Kier molecular flexibility index (Phi) is 5.81. The van der Waals surface area contributed by atoms with Crippen molar-refractivity contribution >= 4 is 30.3 Å². The molecule has 10 heteroatoms. The van der Waals surface area contributed by atoms with Crippen LogP contribution in [-0.2, 0) is 19.4 Å². The Balaban J connectivity index is 1.79. The summed E-state index contributed by atoms with van der Waals surface area (Å²) in [5.74, 6) is -3.28. The third kappa shape index (κ3) is 4.14. The second kappa shape index (κ2) is 8.09. The van der Waals surface area contributed by atoms with E-state index in [0.717, 1.165) is 23.4 Å². The van der Waals surface area contributed by atoms with Gasteiger partial charge in [-0.15, -0.1) is 11.3 Å². The second-order valence-electron chi connectivity index (χ2n) is 6.29. The van der Waals surface area contributed by atoms with Crippen LogP contribution in [0.2, 0.25) is 0 Å². The molecule has 6 N–H and O–H groups in total. The van der Waals surface area contributed by atoms with Crippen molar-refractivity contribution in [1.82, 2.24) is 10.6 Å². The van der Waals surface area contributed by atoms with Gasteiger partial charge in [0.05, 0.1) is 11.5 Å². The Hall–Kier alpha value is -2.40. The molecule has 0 bridgehead atoms. The molecule has 1 aliphatic heterocycles. The van der Waals surface area contributed by atoms with Gasteiger partial charge in [0.25, 0.3) is 5.91 Å². The predicted molar refractivity (Wildman–Crippen MR) is 99.9 cm³/mol. The number of carboxylic acids is 1. The van der Waals surface area contributed by atoms with Crippen molar-refractivity contribution in [3.8, 4) is 5.75 Å². The van der Waals surface area contributed by atoms with Gasteiger partial charge in [-0.3, -0.25) is 4.79 Å². The molecule has 8 nitrogen and oxygen atoms in total. The number of hydrogen-bond donors (Lipinski definition) is 6. The van der Waals surface area contributed by atoms with Crippen LogP contribution in [0.3, 0.4) is 0 Å². The zero-order chi connectivity index (χ0) is 19.6. The highest BCUT2D eigenvalue weighted by molar-refractivity contribution is 7.10. The van der Waals surface area contributed by atoms with Crippen LogP contribution in [0.4, 0.5) is 0 Å². The number of aromatic hydroxyl groups is 1. The number of carbonyl (C=O) groups excluding carboxylic acids is 1. The summed E-state index contributed by atoms with van der Waals surface area (Å²) >= 11 is 1.47. The molecule has 0 fully saturated rings. The number of thiophene rings is 1. The lowest BCUT2D eigenvalue weighted by Gasteiger charge is -2.20. The molecule has 0 aliphatic carbocycles. The van der Waals surface area contributed by atoms with Crippen LogP contribution in [0.25, 0.3) is 0 Å². The average Bonchev–Trinajstić information content (AvgIpc) is 3.06. The minimum absolute atomic E-state index is 0.135. The molecule has 1 aromatic carbocycles. The Morgan fingerprint density at radius 3 is 2.78 bits per heavy atom. The number of hydrogen-bond acceptors (Lipinski definition) is 7. The van der Waals surface area contributed by atoms with Gasteiger partial charge in [-0.2, -0.15) is 0 Å². The summed E-state index contributed by atoms with van der Waals surface area (Å²) in [5.41, 5.74) is 1.37. The van der Waals surface area contributed by atoms with Gasteiger partial charge in [0.1, 0.15) is 11.3 Å². The summed E-state index contributed by atoms with van der Waals surface area (Å²) in [7, 11) is -1.88. The van der Waals surface area contributed by atoms with Gasteiger partial charge in [0, 0.05) is 16.8 Å². The van der Waals surface area contributed by atoms with E-state index in [1.54, 1.807) is 5.38 Å². The van der Waals surface area contributed by atoms with Crippen LogP contribution < -0.4 is 10.6 Å². The van der Waals surface area contributed by atoms with Crippen LogP contribution in [0.5, 0.6) is 5.75 Å². The topological polar surface area (TPSA) is 139 Å². The SMILES string of the molecule is O=C(O)c1cccc(CC(NC(=O)c2csc3c2CCNC3)B(O)O)c1O. The lowest BCUT2D eigenvalue weighted by atomic mass is 9.75. The lowest BCUT2D eigenvalue weighted by Crippen LogP contribution is -2.48. The number of benzene rings is 1. The van der Waals surface area contributed by atoms with E-state index in [-0.39, 0.29) is 17.5 Å². The van der Waals surface area contributed by atoms with Gasteiger partial charge in [-0.05, 0) is 36.6 Å². The molecule has 0 spiro atoms. The van der Waals surface area contributed by atoms with E-state index in [1.165, 1.54) is 29.5 Å². The summed E-state index contributed by atoms with van der Waals surface area (Å²) in [6.45, 7) is 1.47. The zero-order valence-corrected chi connectivity index (χ0v) is 15.1. The first-order chi connectivity index (χ1) is 12.9. The van der Waals surface area contributed by atoms with Gasteiger partial charge in [-0.1, -0.05) is 12.1 Å². The molecule has 0 saturated carbocycles. The van der Waals surface area contributed by atoms with Gasteiger partial charge >= 0.3 is 13.1 Å². The molecular weight excluding hydrogens is 371 g/mol. The summed E-state index contributed by atoms with van der Waals surface area (Å²) in [5, 5.41) is 46.1. The summed E-state index contributed by atoms with van der Waals surface area (Å²) < 4.78 is 0. The molecule has 27 heavy (non-hydrogen) atoms. The predicted octanol–water partition coefficient (Wildman–Crippen LogP) is 0.151. The molecule has 0 radical (unpaired) electrons. The average molecular weight is 390 g/mol. The van der Waals surface area contributed by atoms with Gasteiger partial charge < -0.3 is 30.9 Å². The molecule has 1 unspecified atom stereocenters. The van der Waals surface area contributed by atoms with Crippen LogP contribution >= 0.6 is 11.3 Å². The number of carbonyl (C=O) groups is 2. The van der Waals surface area contributed by atoms with Crippen molar-refractivity contribution in [2.75, 3.05) is 6.54 Å². The van der Waals surface area contributed by atoms with E-state index in [1.807, 2.05) is 0 Å². The van der Waals surface area contributed by atoms with Crippen molar-refractivity contribution in [3.63, 3.8) is 0 Å². The molecule has 142 valence electrons. The fourth-order valence-corrected chi connectivity index (χ4v) is 4.14. The van der Waals surface area contributed by atoms with Crippen molar-refractivity contribution in [2.24, 2.45) is 0 Å². The van der Waals surface area contributed by atoms with Gasteiger partial charge in [0.15, 0.2) is 0 Å². The maximum atomic E-state index is 12.6. The molecule has 1 aromatic heterocycles. The first-order valence-electron chi connectivity index (χ1n) is 8.39. The number of fused-ring (bicyclic) bond motifs is 1. The van der Waals surface area contributed by atoms with Crippen molar-refractivity contribution in [2.45, 2.75) is 25.3 Å². The molecule has 2 aromatic rings. The fourth-order valence-electron chi connectivity index (χ4n) is 3.09. The first kappa shape index (κ1) is 19.4. The minimum Gasteiger partial charge on any atom is -0.507 e. The number of aromatic carboxylic acids is 1. The van der Waals surface area contributed by atoms with E-state index in [2.05, 4.69) is 10.6 Å². The highest BCUT2D eigenvalue weighted by atomic mass is 32.1. The molecule has 1 amide bonds. The Morgan fingerprint density at radius 2 is 2.07 bits per heavy atom. The number of amides is 1. The maximum Gasteiger partial charge on any atom is 0.475 e. The van der Waals surface area contributed by atoms with E-state index in [4.69, 9.17) is 5.11 Å². The molecule has 1 atom stereocenters. The largest absolute Gasteiger partial charge is 0.507 e. The highest BCUT2D eigenvalue weighted by Gasteiger charge is 2.29. The number of para-hydroxylation sites is 1. The summed E-state index contributed by atoms with van der Waals surface area (Å²) in [4.78, 5) is 24.9. The van der Waals surface area contributed by atoms with E-state index in [0.29, 0.717) is 12.1 Å². The standard InChI is InChI=1S/C17H19BN2O6S/c21-15-9(2-1-3-11(15)17(23)24)6-14(18(25)26)20-16(22)12-8-27-13-7-19-5-4-10(12)13/h1-3,8,14,19,21,25-26H,4-7H2,(H,20,22)(H,23,24).